The summed E-state index contributed by atoms with van der Waals surface area (Å²) in [5.41, 5.74) is 0.218. The van der Waals surface area contributed by atoms with Crippen molar-refractivity contribution in [2.75, 3.05) is 0 Å². The fourth-order valence-corrected chi connectivity index (χ4v) is 3.00. The molecule has 0 aromatic carbocycles. The summed E-state index contributed by atoms with van der Waals surface area (Å²) in [7, 11) is -0.954. The van der Waals surface area contributed by atoms with Gasteiger partial charge in [-0.2, -0.15) is 0 Å². The first-order chi connectivity index (χ1) is 8.38. The van der Waals surface area contributed by atoms with Crippen LogP contribution in [0.4, 0.5) is 0 Å². The molecule has 18 heavy (non-hydrogen) atoms. The molecule has 0 aromatic rings. The third-order valence-electron chi connectivity index (χ3n) is 3.06. The van der Waals surface area contributed by atoms with Crippen LogP contribution in [0, 0.1) is 5.41 Å². The van der Waals surface area contributed by atoms with Crippen molar-refractivity contribution < 1.29 is 4.43 Å². The van der Waals surface area contributed by atoms with Crippen molar-refractivity contribution in [1.82, 2.24) is 0 Å². The van der Waals surface area contributed by atoms with Gasteiger partial charge in [-0.25, -0.2) is 0 Å². The van der Waals surface area contributed by atoms with Gasteiger partial charge in [0.25, 0.3) is 0 Å². The molecule has 1 nitrogen and oxygen atoms in total. The van der Waals surface area contributed by atoms with Crippen LogP contribution in [-0.4, -0.2) is 15.1 Å². The second kappa shape index (κ2) is 9.80. The average molecular weight is 271 g/mol. The molecular formula is C16H34OSi. The monoisotopic (exact) mass is 270 g/mol. The smallest absolute Gasteiger partial charge is 0.171 e. The Kier molecular flexibility index (Phi) is 9.75. The highest BCUT2D eigenvalue weighted by molar-refractivity contribution is 6.48. The van der Waals surface area contributed by atoms with Crippen LogP contribution in [0.1, 0.15) is 66.2 Å². The first-order valence-electron chi connectivity index (χ1n) is 7.70. The third kappa shape index (κ3) is 9.90. The molecule has 0 spiro atoms. The van der Waals surface area contributed by atoms with E-state index >= 15 is 0 Å². The molecule has 0 fully saturated rings. The van der Waals surface area contributed by atoms with Crippen LogP contribution in [0.25, 0.3) is 0 Å². The van der Waals surface area contributed by atoms with Crippen LogP contribution < -0.4 is 0 Å². The summed E-state index contributed by atoms with van der Waals surface area (Å²) in [6, 6.07) is 0. The van der Waals surface area contributed by atoms with Gasteiger partial charge in [-0.3, -0.25) is 0 Å². The second-order valence-corrected chi connectivity index (χ2v) is 8.97. The standard InChI is InChI=1S/C16H34OSi/c1-7-8-9-10-11-12-13-14-15(16(2,3)4)17-18(5)6/h13-15,18H,7-12H2,1-6H3/b14-13+. The molecule has 0 saturated heterocycles. The molecule has 0 aromatic heterocycles. The molecule has 1 unspecified atom stereocenters. The molecule has 0 aliphatic heterocycles. The number of hydrogen-bond donors (Lipinski definition) is 0. The lowest BCUT2D eigenvalue weighted by Crippen LogP contribution is -2.31. The molecule has 0 aliphatic rings. The molecule has 0 heterocycles. The third-order valence-corrected chi connectivity index (χ3v) is 3.90. The van der Waals surface area contributed by atoms with E-state index in [4.69, 9.17) is 4.43 Å². The Bertz CT molecular complexity index is 216. The summed E-state index contributed by atoms with van der Waals surface area (Å²) in [4.78, 5) is 0. The van der Waals surface area contributed by atoms with Gasteiger partial charge in [-0.15, -0.1) is 0 Å². The van der Waals surface area contributed by atoms with Crippen LogP contribution >= 0.6 is 0 Å². The van der Waals surface area contributed by atoms with Gasteiger partial charge in [-0.1, -0.05) is 65.5 Å². The lowest BCUT2D eigenvalue weighted by molar-refractivity contribution is 0.129. The predicted molar refractivity (Wildman–Crippen MR) is 85.7 cm³/mol. The Morgan fingerprint density at radius 1 is 1.06 bits per heavy atom. The SMILES string of the molecule is CCCCCCC/C=C/C(O[SiH](C)C)C(C)(C)C. The normalized spacial score (nSPS) is 14.6. The van der Waals surface area contributed by atoms with Crippen molar-refractivity contribution in [3.05, 3.63) is 12.2 Å². The highest BCUT2D eigenvalue weighted by Gasteiger charge is 2.23. The molecule has 1 atom stereocenters. The van der Waals surface area contributed by atoms with Gasteiger partial charge in [0.05, 0.1) is 6.10 Å². The maximum absolute atomic E-state index is 6.11. The van der Waals surface area contributed by atoms with E-state index in [0.29, 0.717) is 6.10 Å². The number of rotatable bonds is 9. The Morgan fingerprint density at radius 3 is 2.17 bits per heavy atom. The molecule has 0 saturated carbocycles. The minimum atomic E-state index is -0.954. The van der Waals surface area contributed by atoms with Gasteiger partial charge < -0.3 is 4.43 Å². The predicted octanol–water partition coefficient (Wildman–Crippen LogP) is 5.32. The van der Waals surface area contributed by atoms with Crippen molar-refractivity contribution >= 4 is 9.04 Å². The van der Waals surface area contributed by atoms with Gasteiger partial charge >= 0.3 is 0 Å². The van der Waals surface area contributed by atoms with Gasteiger partial charge in [-0.05, 0) is 31.4 Å². The maximum atomic E-state index is 6.11. The quantitative estimate of drug-likeness (QED) is 0.313. The summed E-state index contributed by atoms with van der Waals surface area (Å²) < 4.78 is 6.11. The Morgan fingerprint density at radius 2 is 1.67 bits per heavy atom. The van der Waals surface area contributed by atoms with Crippen LogP contribution in [0.15, 0.2) is 12.2 Å². The van der Waals surface area contributed by atoms with Crippen molar-refractivity contribution in [3.63, 3.8) is 0 Å². The van der Waals surface area contributed by atoms with E-state index in [1.54, 1.807) is 0 Å². The van der Waals surface area contributed by atoms with Gasteiger partial charge in [0.2, 0.25) is 0 Å². The zero-order valence-electron chi connectivity index (χ0n) is 13.5. The molecule has 0 aliphatic carbocycles. The number of allylic oxidation sites excluding steroid dienone is 1. The second-order valence-electron chi connectivity index (χ2n) is 6.60. The van der Waals surface area contributed by atoms with Crippen LogP contribution in [0.2, 0.25) is 13.1 Å². The van der Waals surface area contributed by atoms with Crippen molar-refractivity contribution in [3.8, 4) is 0 Å². The fraction of sp³-hybridized carbons (Fsp3) is 0.875. The number of hydrogen-bond acceptors (Lipinski definition) is 1. The molecule has 0 radical (unpaired) electrons. The minimum absolute atomic E-state index is 0.218. The first kappa shape index (κ1) is 17.9. The first-order valence-corrected chi connectivity index (χ1v) is 10.5. The van der Waals surface area contributed by atoms with Crippen molar-refractivity contribution in [2.45, 2.75) is 85.4 Å². The van der Waals surface area contributed by atoms with Crippen molar-refractivity contribution in [1.29, 1.82) is 0 Å². The summed E-state index contributed by atoms with van der Waals surface area (Å²) in [6.07, 6.45) is 12.9. The van der Waals surface area contributed by atoms with Gasteiger partial charge in [0.15, 0.2) is 9.04 Å². The van der Waals surface area contributed by atoms with E-state index in [9.17, 15) is 0 Å². The van der Waals surface area contributed by atoms with Crippen LogP contribution in [0.3, 0.4) is 0 Å². The highest BCUT2D eigenvalue weighted by Crippen LogP contribution is 2.24. The molecule has 0 rings (SSSR count). The lowest BCUT2D eigenvalue weighted by atomic mass is 9.89. The van der Waals surface area contributed by atoms with Crippen LogP contribution in [0.5, 0.6) is 0 Å². The van der Waals surface area contributed by atoms with Gasteiger partial charge in [0.1, 0.15) is 0 Å². The minimum Gasteiger partial charge on any atom is -0.414 e. The zero-order chi connectivity index (χ0) is 14.0. The molecule has 108 valence electrons. The Labute approximate surface area is 117 Å². The zero-order valence-corrected chi connectivity index (χ0v) is 14.6. The Hall–Kier alpha value is -0.0831. The average Bonchev–Trinajstić information content (AvgIpc) is 2.24. The molecular weight excluding hydrogens is 236 g/mol. The van der Waals surface area contributed by atoms with E-state index < -0.39 is 9.04 Å². The molecule has 0 N–H and O–H groups in total. The summed E-state index contributed by atoms with van der Waals surface area (Å²) in [5.74, 6) is 0. The van der Waals surface area contributed by atoms with Crippen LogP contribution in [-0.2, 0) is 4.43 Å². The lowest BCUT2D eigenvalue weighted by Gasteiger charge is -2.30. The molecule has 0 amide bonds. The Balaban J connectivity index is 3.94. The van der Waals surface area contributed by atoms with E-state index in [1.807, 2.05) is 0 Å². The molecule has 0 bridgehead atoms. The summed E-state index contributed by atoms with van der Waals surface area (Å²) >= 11 is 0. The van der Waals surface area contributed by atoms with E-state index in [2.05, 4.69) is 52.9 Å². The topological polar surface area (TPSA) is 9.23 Å². The maximum Gasteiger partial charge on any atom is 0.171 e. The number of unbranched alkanes of at least 4 members (excludes halogenated alkanes) is 5. The summed E-state index contributed by atoms with van der Waals surface area (Å²) in [5, 5.41) is 0. The largest absolute Gasteiger partial charge is 0.414 e. The van der Waals surface area contributed by atoms with Gasteiger partial charge in [0, 0.05) is 0 Å². The van der Waals surface area contributed by atoms with E-state index in [-0.39, 0.29) is 5.41 Å². The fourth-order valence-electron chi connectivity index (χ4n) is 1.92. The molecule has 2 heteroatoms. The summed E-state index contributed by atoms with van der Waals surface area (Å²) in [6.45, 7) is 13.6. The highest BCUT2D eigenvalue weighted by atomic mass is 28.3. The van der Waals surface area contributed by atoms with E-state index in [1.165, 1.54) is 38.5 Å². The van der Waals surface area contributed by atoms with Crippen molar-refractivity contribution in [2.24, 2.45) is 5.41 Å². The van der Waals surface area contributed by atoms with E-state index in [0.717, 1.165) is 0 Å².